The molecule has 1 aromatic carbocycles. The summed E-state index contributed by atoms with van der Waals surface area (Å²) in [6.07, 6.45) is 0.206. The molecule has 17 heteroatoms. The minimum absolute atomic E-state index is 0. The fourth-order valence-electron chi connectivity index (χ4n) is 2.78. The van der Waals surface area contributed by atoms with Crippen LogP contribution in [0.3, 0.4) is 0 Å². The van der Waals surface area contributed by atoms with E-state index in [1.807, 2.05) is 0 Å². The number of unbranched alkanes of at least 4 members (excludes halogenated alkanes) is 2. The number of benzene rings is 1. The Hall–Kier alpha value is -2.75. The number of nitrogens with one attached hydrogen (secondary N) is 1. The number of amides is 2. The van der Waals surface area contributed by atoms with Crippen LogP contribution in [0.4, 0.5) is 17.1 Å². The van der Waals surface area contributed by atoms with Crippen molar-refractivity contribution in [2.24, 2.45) is 5.11 Å². The Morgan fingerprint density at radius 3 is 2.61 bits per heavy atom. The number of hydroxylamine groups is 2. The van der Waals surface area contributed by atoms with Gasteiger partial charge < -0.3 is 14.7 Å². The Bertz CT molecular complexity index is 1090. The molecule has 1 unspecified atom stereocenters. The van der Waals surface area contributed by atoms with E-state index in [0.717, 1.165) is 6.07 Å². The Morgan fingerprint density at radius 1 is 1.33 bits per heavy atom. The molecule has 1 aromatic rings. The van der Waals surface area contributed by atoms with Crippen molar-refractivity contribution >= 4 is 45.0 Å². The van der Waals surface area contributed by atoms with Crippen LogP contribution in [-0.4, -0.2) is 52.5 Å². The molecule has 1 saturated heterocycles. The van der Waals surface area contributed by atoms with E-state index in [0.29, 0.717) is 19.4 Å². The SMILES string of the molecule is [N-]=[N+]=Nc1ccc(NCCCCCC(=O)ON2C(=O)CC(S(=O)(=O)[O-])C2=O)c([N+](=O)[O-])c1.[Na+]. The largest absolute Gasteiger partial charge is 1.00 e. The molecule has 1 N–H and O–H groups in total. The molecule has 0 radical (unpaired) electrons. The van der Waals surface area contributed by atoms with Crippen LogP contribution in [0.25, 0.3) is 10.4 Å². The molecule has 1 heterocycles. The Kier molecular flexibility index (Phi) is 10.7. The number of rotatable bonds is 11. The number of hydrogen-bond acceptors (Lipinski definition) is 11. The predicted molar refractivity (Wildman–Crippen MR) is 105 cm³/mol. The van der Waals surface area contributed by atoms with Gasteiger partial charge in [-0.25, -0.2) is 13.2 Å². The maximum absolute atomic E-state index is 11.8. The van der Waals surface area contributed by atoms with Crippen LogP contribution < -0.4 is 34.9 Å². The van der Waals surface area contributed by atoms with Gasteiger partial charge in [-0.15, -0.1) is 5.06 Å². The number of azide groups is 1. The first-order chi connectivity index (χ1) is 15.0. The first-order valence-electron chi connectivity index (χ1n) is 9.14. The van der Waals surface area contributed by atoms with Crippen molar-refractivity contribution in [2.75, 3.05) is 11.9 Å². The molecule has 1 aliphatic rings. The summed E-state index contributed by atoms with van der Waals surface area (Å²) >= 11 is 0. The number of carbonyl (C=O) groups excluding carboxylic acids is 3. The van der Waals surface area contributed by atoms with Crippen LogP contribution in [0, 0.1) is 10.1 Å². The molecule has 0 aliphatic carbocycles. The predicted octanol–water partition coefficient (Wildman–Crippen LogP) is -1.36. The van der Waals surface area contributed by atoms with Gasteiger partial charge in [0.25, 0.3) is 17.5 Å². The van der Waals surface area contributed by atoms with Gasteiger partial charge in [0, 0.05) is 29.6 Å². The van der Waals surface area contributed by atoms with Crippen LogP contribution in [-0.2, 0) is 29.3 Å². The van der Waals surface area contributed by atoms with Crippen LogP contribution in [0.15, 0.2) is 23.3 Å². The van der Waals surface area contributed by atoms with Crippen molar-refractivity contribution in [2.45, 2.75) is 37.4 Å². The Balaban J connectivity index is 0.00000544. The minimum Gasteiger partial charge on any atom is -0.747 e. The topological polar surface area (TPSA) is 225 Å². The minimum atomic E-state index is -5.04. The molecule has 172 valence electrons. The summed E-state index contributed by atoms with van der Waals surface area (Å²) in [4.78, 5) is 52.8. The molecular weight excluding hydrogens is 475 g/mol. The first kappa shape index (κ1) is 28.3. The Labute approximate surface area is 209 Å². The summed E-state index contributed by atoms with van der Waals surface area (Å²) < 4.78 is 32.8. The molecule has 1 aliphatic heterocycles. The first-order valence-corrected chi connectivity index (χ1v) is 10.6. The van der Waals surface area contributed by atoms with Crippen molar-refractivity contribution in [3.8, 4) is 0 Å². The van der Waals surface area contributed by atoms with E-state index < -0.39 is 44.5 Å². The second kappa shape index (κ2) is 12.5. The Morgan fingerprint density at radius 2 is 2.03 bits per heavy atom. The summed E-state index contributed by atoms with van der Waals surface area (Å²) in [5.41, 5.74) is 8.45. The van der Waals surface area contributed by atoms with Crippen LogP contribution in [0.1, 0.15) is 32.1 Å². The van der Waals surface area contributed by atoms with Gasteiger partial charge in [0.1, 0.15) is 21.1 Å². The zero-order valence-corrected chi connectivity index (χ0v) is 20.2. The normalized spacial score (nSPS) is 15.4. The van der Waals surface area contributed by atoms with E-state index >= 15 is 0 Å². The average Bonchev–Trinajstić information content (AvgIpc) is 3.00. The molecule has 0 spiro atoms. The van der Waals surface area contributed by atoms with Crippen molar-refractivity contribution in [3.63, 3.8) is 0 Å². The molecule has 0 bridgehead atoms. The van der Waals surface area contributed by atoms with Gasteiger partial charge in [0.05, 0.1) is 11.3 Å². The van der Waals surface area contributed by atoms with E-state index in [1.165, 1.54) is 12.1 Å². The third-order valence-electron chi connectivity index (χ3n) is 4.32. The van der Waals surface area contributed by atoms with Crippen molar-refractivity contribution in [3.05, 3.63) is 38.8 Å². The summed E-state index contributed by atoms with van der Waals surface area (Å²) in [5, 5.41) is 15.2. The molecular formula is C16H17N6NaO9S. The zero-order valence-electron chi connectivity index (χ0n) is 17.4. The van der Waals surface area contributed by atoms with Crippen molar-refractivity contribution in [1.29, 1.82) is 0 Å². The van der Waals surface area contributed by atoms with Crippen LogP contribution in [0.5, 0.6) is 0 Å². The second-order valence-electron chi connectivity index (χ2n) is 6.56. The van der Waals surface area contributed by atoms with Crippen LogP contribution >= 0.6 is 0 Å². The third kappa shape index (κ3) is 7.96. The zero-order chi connectivity index (χ0) is 23.9. The number of nitro benzene ring substituents is 1. The maximum Gasteiger partial charge on any atom is 1.00 e. The fourth-order valence-corrected chi connectivity index (χ4v) is 3.47. The monoisotopic (exact) mass is 492 g/mol. The van der Waals surface area contributed by atoms with Gasteiger partial charge in [-0.3, -0.25) is 19.7 Å². The molecule has 33 heavy (non-hydrogen) atoms. The number of nitro groups is 1. The van der Waals surface area contributed by atoms with Gasteiger partial charge in [0.15, 0.2) is 0 Å². The van der Waals surface area contributed by atoms with Gasteiger partial charge in [-0.1, -0.05) is 17.6 Å². The maximum atomic E-state index is 11.8. The summed E-state index contributed by atoms with van der Waals surface area (Å²) in [6.45, 7) is 0.322. The molecule has 0 aromatic heterocycles. The number of imide groups is 1. The average molecular weight is 492 g/mol. The number of carbonyl (C=O) groups is 3. The van der Waals surface area contributed by atoms with Gasteiger partial charge in [-0.2, -0.15) is 0 Å². The molecule has 15 nitrogen and oxygen atoms in total. The van der Waals surface area contributed by atoms with E-state index in [1.54, 1.807) is 0 Å². The van der Waals surface area contributed by atoms with Crippen molar-refractivity contribution in [1.82, 2.24) is 5.06 Å². The van der Waals surface area contributed by atoms with Crippen LogP contribution in [0.2, 0.25) is 0 Å². The third-order valence-corrected chi connectivity index (χ3v) is 5.38. The second-order valence-corrected chi connectivity index (χ2v) is 8.12. The number of anilines is 1. The smallest absolute Gasteiger partial charge is 0.747 e. The van der Waals surface area contributed by atoms with Gasteiger partial charge >= 0.3 is 35.5 Å². The van der Waals surface area contributed by atoms with Crippen molar-refractivity contribution < 1.29 is 66.7 Å². The van der Waals surface area contributed by atoms with E-state index in [2.05, 4.69) is 20.2 Å². The van der Waals surface area contributed by atoms with E-state index in [4.69, 9.17) is 5.53 Å². The van der Waals surface area contributed by atoms with E-state index in [9.17, 15) is 37.5 Å². The number of nitrogens with zero attached hydrogens (tertiary/aromatic N) is 5. The molecule has 2 rings (SSSR count). The molecule has 2 amide bonds. The van der Waals surface area contributed by atoms with E-state index in [-0.39, 0.29) is 64.5 Å². The molecule has 1 atom stereocenters. The molecule has 0 saturated carbocycles. The summed E-state index contributed by atoms with van der Waals surface area (Å²) in [7, 11) is -5.04. The molecule has 1 fully saturated rings. The van der Waals surface area contributed by atoms with Gasteiger partial charge in [0.2, 0.25) is 0 Å². The van der Waals surface area contributed by atoms with Gasteiger partial charge in [-0.05, 0) is 24.4 Å². The number of hydrogen-bond donors (Lipinski definition) is 1. The fraction of sp³-hybridized carbons (Fsp3) is 0.438. The standard InChI is InChI=1S/C16H18N6O9S.Na/c17-20-19-10-5-6-11(12(8-10)22(26)27)18-7-3-1-2-4-15(24)31-21-14(23)9-13(16(21)25)32(28,29)30;/h5-6,8,13,18H,1-4,7,9H2,(H,28,29,30);/q;+1/p-1. The summed E-state index contributed by atoms with van der Waals surface area (Å²) in [5.74, 6) is -3.44. The quantitative estimate of drug-likeness (QED) is 0.0439. The summed E-state index contributed by atoms with van der Waals surface area (Å²) in [6, 6.07) is 3.94.